The van der Waals surface area contributed by atoms with E-state index in [-0.39, 0.29) is 17.4 Å². The monoisotopic (exact) mass is 430 g/mol. The molecule has 4 rings (SSSR count). The Balaban J connectivity index is 1.42. The zero-order valence-electron chi connectivity index (χ0n) is 16.8. The van der Waals surface area contributed by atoms with Crippen LogP contribution in [-0.4, -0.2) is 28.5 Å². The molecule has 1 aliphatic rings. The number of aryl methyl sites for hydroxylation is 1. The number of rotatable bonds is 3. The van der Waals surface area contributed by atoms with Crippen molar-refractivity contribution in [1.82, 2.24) is 9.55 Å². The molecule has 0 atom stereocenters. The number of pyridine rings is 2. The van der Waals surface area contributed by atoms with Gasteiger partial charge in [0, 0.05) is 43.7 Å². The Hall–Kier alpha value is -3.36. The Morgan fingerprint density at radius 2 is 1.84 bits per heavy atom. The molecule has 0 radical (unpaired) electrons. The number of amides is 1. The molecule has 0 saturated carbocycles. The SMILES string of the molecule is Cn1c(=O)ccc2c(NC(=O)C3CCN(c4ccc(C(F)(F)F)cn4)CC3)cccc21. The average Bonchev–Trinajstić information content (AvgIpc) is 2.76. The van der Waals surface area contributed by atoms with Gasteiger partial charge in [0.05, 0.1) is 16.8 Å². The highest BCUT2D eigenvalue weighted by molar-refractivity contribution is 6.01. The summed E-state index contributed by atoms with van der Waals surface area (Å²) in [5, 5.41) is 3.75. The lowest BCUT2D eigenvalue weighted by Crippen LogP contribution is -2.38. The zero-order valence-corrected chi connectivity index (χ0v) is 16.8. The van der Waals surface area contributed by atoms with Crippen LogP contribution in [0.1, 0.15) is 18.4 Å². The molecule has 0 aliphatic carbocycles. The average molecular weight is 430 g/mol. The van der Waals surface area contributed by atoms with Crippen molar-refractivity contribution in [3.05, 3.63) is 64.6 Å². The number of halogens is 3. The van der Waals surface area contributed by atoms with Crippen LogP contribution in [0.15, 0.2) is 53.5 Å². The van der Waals surface area contributed by atoms with Gasteiger partial charge in [-0.1, -0.05) is 6.07 Å². The van der Waals surface area contributed by atoms with Crippen LogP contribution in [0.5, 0.6) is 0 Å². The number of fused-ring (bicyclic) bond motifs is 1. The highest BCUT2D eigenvalue weighted by Gasteiger charge is 2.31. The topological polar surface area (TPSA) is 67.2 Å². The van der Waals surface area contributed by atoms with Gasteiger partial charge in [-0.05, 0) is 43.2 Å². The molecular formula is C22H21F3N4O2. The highest BCUT2D eigenvalue weighted by Crippen LogP contribution is 2.30. The van der Waals surface area contributed by atoms with Gasteiger partial charge >= 0.3 is 6.18 Å². The van der Waals surface area contributed by atoms with E-state index in [1.165, 1.54) is 16.7 Å². The molecule has 3 heterocycles. The number of alkyl halides is 3. The largest absolute Gasteiger partial charge is 0.417 e. The second kappa shape index (κ2) is 8.05. The van der Waals surface area contributed by atoms with Crippen molar-refractivity contribution in [1.29, 1.82) is 0 Å². The van der Waals surface area contributed by atoms with Crippen LogP contribution in [-0.2, 0) is 18.0 Å². The van der Waals surface area contributed by atoms with Gasteiger partial charge in [-0.3, -0.25) is 9.59 Å². The van der Waals surface area contributed by atoms with Crippen LogP contribution >= 0.6 is 0 Å². The lowest BCUT2D eigenvalue weighted by molar-refractivity contribution is -0.137. The number of hydrogen-bond donors (Lipinski definition) is 1. The van der Waals surface area contributed by atoms with E-state index in [9.17, 15) is 22.8 Å². The van der Waals surface area contributed by atoms with Crippen molar-refractivity contribution in [2.45, 2.75) is 19.0 Å². The van der Waals surface area contributed by atoms with Gasteiger partial charge in [-0.25, -0.2) is 4.98 Å². The fourth-order valence-corrected chi connectivity index (χ4v) is 3.86. The fourth-order valence-electron chi connectivity index (χ4n) is 3.86. The summed E-state index contributed by atoms with van der Waals surface area (Å²) in [5.41, 5.74) is 0.469. The molecule has 1 aliphatic heterocycles. The first-order valence-electron chi connectivity index (χ1n) is 9.92. The number of carbonyl (C=O) groups is 1. The number of anilines is 2. The summed E-state index contributed by atoms with van der Waals surface area (Å²) < 4.78 is 39.6. The number of benzene rings is 1. The minimum Gasteiger partial charge on any atom is -0.357 e. The molecule has 1 aromatic carbocycles. The van der Waals surface area contributed by atoms with Gasteiger partial charge in [-0.2, -0.15) is 13.2 Å². The second-order valence-corrected chi connectivity index (χ2v) is 7.62. The minimum absolute atomic E-state index is 0.110. The maximum atomic E-state index is 12.8. The number of piperidine rings is 1. The van der Waals surface area contributed by atoms with Gasteiger partial charge in [-0.15, -0.1) is 0 Å². The predicted molar refractivity (Wildman–Crippen MR) is 112 cm³/mol. The van der Waals surface area contributed by atoms with Gasteiger partial charge < -0.3 is 14.8 Å². The number of carbonyl (C=O) groups excluding carboxylic acids is 1. The Bertz CT molecular complexity index is 1160. The molecular weight excluding hydrogens is 409 g/mol. The van der Waals surface area contributed by atoms with E-state index >= 15 is 0 Å². The van der Waals surface area contributed by atoms with E-state index in [4.69, 9.17) is 0 Å². The summed E-state index contributed by atoms with van der Waals surface area (Å²) in [7, 11) is 1.68. The van der Waals surface area contributed by atoms with Crippen molar-refractivity contribution in [2.24, 2.45) is 13.0 Å². The third kappa shape index (κ3) is 4.26. The normalized spacial score (nSPS) is 15.3. The van der Waals surface area contributed by atoms with Crippen molar-refractivity contribution in [2.75, 3.05) is 23.3 Å². The van der Waals surface area contributed by atoms with E-state index in [0.29, 0.717) is 37.4 Å². The molecule has 31 heavy (non-hydrogen) atoms. The van der Waals surface area contributed by atoms with Gasteiger partial charge in [0.25, 0.3) is 5.56 Å². The Morgan fingerprint density at radius 1 is 1.10 bits per heavy atom. The van der Waals surface area contributed by atoms with Crippen molar-refractivity contribution in [3.8, 4) is 0 Å². The molecule has 162 valence electrons. The maximum absolute atomic E-state index is 12.8. The molecule has 2 aromatic heterocycles. The number of nitrogens with one attached hydrogen (secondary N) is 1. The summed E-state index contributed by atoms with van der Waals surface area (Å²) in [6, 6.07) is 11.0. The van der Waals surface area contributed by atoms with Crippen molar-refractivity contribution in [3.63, 3.8) is 0 Å². The van der Waals surface area contributed by atoms with Crippen LogP contribution in [0.3, 0.4) is 0 Å². The predicted octanol–water partition coefficient (Wildman–Crippen LogP) is 3.81. The lowest BCUT2D eigenvalue weighted by atomic mass is 9.95. The molecule has 0 unspecified atom stereocenters. The maximum Gasteiger partial charge on any atom is 0.417 e. The Morgan fingerprint density at radius 3 is 2.48 bits per heavy atom. The third-order valence-electron chi connectivity index (χ3n) is 5.69. The summed E-state index contributed by atoms with van der Waals surface area (Å²) in [4.78, 5) is 30.5. The molecule has 1 saturated heterocycles. The lowest BCUT2D eigenvalue weighted by Gasteiger charge is -2.32. The van der Waals surface area contributed by atoms with Gasteiger partial charge in [0.15, 0.2) is 0 Å². The third-order valence-corrected chi connectivity index (χ3v) is 5.69. The number of hydrogen-bond acceptors (Lipinski definition) is 4. The molecule has 1 amide bonds. The summed E-state index contributed by atoms with van der Waals surface area (Å²) >= 11 is 0. The van der Waals surface area contributed by atoms with E-state index in [0.717, 1.165) is 23.2 Å². The first-order chi connectivity index (χ1) is 14.7. The Kier molecular flexibility index (Phi) is 5.43. The number of aromatic nitrogens is 2. The van der Waals surface area contributed by atoms with Crippen LogP contribution in [0.25, 0.3) is 10.9 Å². The smallest absolute Gasteiger partial charge is 0.357 e. The quantitative estimate of drug-likeness (QED) is 0.686. The zero-order chi connectivity index (χ0) is 22.2. The van der Waals surface area contributed by atoms with Crippen LogP contribution < -0.4 is 15.8 Å². The summed E-state index contributed by atoms with van der Waals surface area (Å²) in [5.74, 6) is 0.150. The molecule has 0 bridgehead atoms. The van der Waals surface area contributed by atoms with Gasteiger partial charge in [0.1, 0.15) is 5.82 Å². The van der Waals surface area contributed by atoms with E-state index < -0.39 is 11.7 Å². The van der Waals surface area contributed by atoms with Crippen LogP contribution in [0, 0.1) is 5.92 Å². The van der Waals surface area contributed by atoms with Crippen molar-refractivity contribution < 1.29 is 18.0 Å². The Labute approximate surface area is 176 Å². The first-order valence-corrected chi connectivity index (χ1v) is 9.92. The van der Waals surface area contributed by atoms with E-state index in [1.807, 2.05) is 11.0 Å². The fraction of sp³-hybridized carbons (Fsp3) is 0.318. The summed E-state index contributed by atoms with van der Waals surface area (Å²) in [6.07, 6.45) is -2.44. The number of nitrogens with zero attached hydrogens (tertiary/aromatic N) is 3. The second-order valence-electron chi connectivity index (χ2n) is 7.62. The highest BCUT2D eigenvalue weighted by atomic mass is 19.4. The van der Waals surface area contributed by atoms with Crippen LogP contribution in [0.2, 0.25) is 0 Å². The van der Waals surface area contributed by atoms with Gasteiger partial charge in [0.2, 0.25) is 5.91 Å². The molecule has 0 spiro atoms. The molecule has 9 heteroatoms. The standard InChI is InChI=1S/C22H21F3N4O2/c1-28-18-4-2-3-17(16(18)6-8-20(28)30)27-21(31)14-9-11-29(12-10-14)19-7-5-15(13-26-19)22(23,24)25/h2-8,13-14H,9-12H2,1H3,(H,27,31). The first kappa shape index (κ1) is 20.9. The summed E-state index contributed by atoms with van der Waals surface area (Å²) in [6.45, 7) is 1.06. The van der Waals surface area contributed by atoms with Crippen LogP contribution in [0.4, 0.5) is 24.7 Å². The molecule has 3 aromatic rings. The minimum atomic E-state index is -4.41. The van der Waals surface area contributed by atoms with E-state index in [1.54, 1.807) is 25.2 Å². The molecule has 6 nitrogen and oxygen atoms in total. The van der Waals surface area contributed by atoms with Crippen molar-refractivity contribution >= 4 is 28.3 Å². The molecule has 1 N–H and O–H groups in total. The molecule has 1 fully saturated rings. The van der Waals surface area contributed by atoms with E-state index in [2.05, 4.69) is 10.3 Å².